The summed E-state index contributed by atoms with van der Waals surface area (Å²) in [5.41, 5.74) is 0.396. The summed E-state index contributed by atoms with van der Waals surface area (Å²) in [6, 6.07) is 4.62. The SMILES string of the molecule is Cc1n[nH]c(=S)n1/N=C/c1cccc(O)c1O. The van der Waals surface area contributed by atoms with Gasteiger partial charge in [0.2, 0.25) is 4.77 Å². The zero-order valence-electron chi connectivity index (χ0n) is 8.95. The van der Waals surface area contributed by atoms with Gasteiger partial charge in [-0.05, 0) is 31.3 Å². The van der Waals surface area contributed by atoms with Crippen LogP contribution in [0.1, 0.15) is 11.4 Å². The minimum Gasteiger partial charge on any atom is -0.504 e. The summed E-state index contributed by atoms with van der Waals surface area (Å²) in [5.74, 6) is 0.191. The summed E-state index contributed by atoms with van der Waals surface area (Å²) >= 11 is 4.97. The first-order chi connectivity index (χ1) is 8.09. The van der Waals surface area contributed by atoms with Crippen LogP contribution >= 0.6 is 12.2 Å². The minimum absolute atomic E-state index is 0.193. The second-order valence-electron chi connectivity index (χ2n) is 3.35. The number of benzene rings is 1. The van der Waals surface area contributed by atoms with Crippen molar-refractivity contribution in [3.63, 3.8) is 0 Å². The molecule has 0 aliphatic rings. The van der Waals surface area contributed by atoms with E-state index in [1.807, 2.05) is 0 Å². The van der Waals surface area contributed by atoms with Gasteiger partial charge in [0.15, 0.2) is 11.5 Å². The van der Waals surface area contributed by atoms with Gasteiger partial charge >= 0.3 is 0 Å². The van der Waals surface area contributed by atoms with Gasteiger partial charge in [-0.1, -0.05) is 6.07 Å². The van der Waals surface area contributed by atoms with Crippen molar-refractivity contribution in [3.8, 4) is 11.5 Å². The number of nitrogens with zero attached hydrogens (tertiary/aromatic N) is 3. The van der Waals surface area contributed by atoms with Gasteiger partial charge < -0.3 is 10.2 Å². The largest absolute Gasteiger partial charge is 0.504 e. The lowest BCUT2D eigenvalue weighted by Crippen LogP contribution is -1.94. The normalized spacial score (nSPS) is 11.1. The molecule has 0 bridgehead atoms. The number of aromatic nitrogens is 3. The molecule has 0 aliphatic carbocycles. The molecule has 0 saturated carbocycles. The molecule has 6 nitrogen and oxygen atoms in total. The number of phenols is 2. The van der Waals surface area contributed by atoms with Crippen LogP contribution in [-0.2, 0) is 0 Å². The van der Waals surface area contributed by atoms with Gasteiger partial charge in [0.05, 0.1) is 6.21 Å². The average molecular weight is 250 g/mol. The molecule has 0 unspecified atom stereocenters. The molecule has 1 aromatic carbocycles. The van der Waals surface area contributed by atoms with Crippen LogP contribution in [0.15, 0.2) is 23.3 Å². The fourth-order valence-electron chi connectivity index (χ4n) is 1.28. The van der Waals surface area contributed by atoms with Crippen molar-refractivity contribution in [3.05, 3.63) is 34.4 Å². The van der Waals surface area contributed by atoms with Gasteiger partial charge in [0.1, 0.15) is 5.82 Å². The third-order valence-corrected chi connectivity index (χ3v) is 2.43. The van der Waals surface area contributed by atoms with E-state index >= 15 is 0 Å². The van der Waals surface area contributed by atoms with Gasteiger partial charge in [0.25, 0.3) is 0 Å². The first-order valence-electron chi connectivity index (χ1n) is 4.79. The van der Waals surface area contributed by atoms with Gasteiger partial charge in [0, 0.05) is 5.56 Å². The van der Waals surface area contributed by atoms with Crippen molar-refractivity contribution < 1.29 is 10.2 Å². The number of para-hydroxylation sites is 1. The Morgan fingerprint density at radius 3 is 2.88 bits per heavy atom. The number of phenolic OH excluding ortho intramolecular Hbond substituents is 2. The lowest BCUT2D eigenvalue weighted by atomic mass is 10.2. The molecule has 0 radical (unpaired) electrons. The van der Waals surface area contributed by atoms with E-state index in [1.54, 1.807) is 19.1 Å². The second kappa shape index (κ2) is 4.38. The fraction of sp³-hybridized carbons (Fsp3) is 0.100. The van der Waals surface area contributed by atoms with E-state index in [1.165, 1.54) is 17.0 Å². The molecule has 17 heavy (non-hydrogen) atoms. The number of H-pyrrole nitrogens is 1. The Morgan fingerprint density at radius 1 is 1.47 bits per heavy atom. The standard InChI is InChI=1S/C10H10N4O2S/c1-6-12-13-10(17)14(6)11-5-7-3-2-4-8(15)9(7)16/h2-5,15-16H,1H3,(H,13,17)/b11-5+. The summed E-state index contributed by atoms with van der Waals surface area (Å²) < 4.78 is 1.78. The Balaban J connectivity index is 2.39. The Labute approximate surface area is 102 Å². The highest BCUT2D eigenvalue weighted by molar-refractivity contribution is 7.71. The van der Waals surface area contributed by atoms with Crippen molar-refractivity contribution in [2.45, 2.75) is 6.92 Å². The Bertz CT molecular complexity index is 629. The number of hydrogen-bond acceptors (Lipinski definition) is 5. The molecule has 2 aromatic rings. The maximum Gasteiger partial charge on any atom is 0.216 e. The number of aryl methyl sites for hydroxylation is 1. The number of nitrogens with one attached hydrogen (secondary N) is 1. The lowest BCUT2D eigenvalue weighted by Gasteiger charge is -2.00. The molecular weight excluding hydrogens is 240 g/mol. The van der Waals surface area contributed by atoms with Gasteiger partial charge in [-0.25, -0.2) is 0 Å². The van der Waals surface area contributed by atoms with Crippen molar-refractivity contribution >= 4 is 18.4 Å². The molecule has 0 atom stereocenters. The highest BCUT2D eigenvalue weighted by Crippen LogP contribution is 2.26. The highest BCUT2D eigenvalue weighted by atomic mass is 32.1. The van der Waals surface area contributed by atoms with Crippen molar-refractivity contribution in [1.29, 1.82) is 0 Å². The molecular formula is C10H10N4O2S. The summed E-state index contributed by atoms with van der Waals surface area (Å²) in [7, 11) is 0. The van der Waals surface area contributed by atoms with E-state index in [0.717, 1.165) is 0 Å². The maximum absolute atomic E-state index is 9.56. The van der Waals surface area contributed by atoms with E-state index in [-0.39, 0.29) is 11.5 Å². The van der Waals surface area contributed by atoms with E-state index in [2.05, 4.69) is 15.3 Å². The molecule has 0 fully saturated rings. The maximum atomic E-state index is 9.56. The van der Waals surface area contributed by atoms with Crippen LogP contribution in [0.4, 0.5) is 0 Å². The van der Waals surface area contributed by atoms with Crippen LogP contribution < -0.4 is 0 Å². The summed E-state index contributed by atoms with van der Waals surface area (Å²) in [5, 5.41) is 29.4. The highest BCUT2D eigenvalue weighted by Gasteiger charge is 2.03. The number of aromatic amines is 1. The third-order valence-electron chi connectivity index (χ3n) is 2.17. The van der Waals surface area contributed by atoms with Crippen molar-refractivity contribution in [2.24, 2.45) is 5.10 Å². The van der Waals surface area contributed by atoms with Gasteiger partial charge in [-0.3, -0.25) is 5.10 Å². The Kier molecular flexibility index (Phi) is 2.92. The second-order valence-corrected chi connectivity index (χ2v) is 3.73. The van der Waals surface area contributed by atoms with Crippen LogP contribution in [0.25, 0.3) is 0 Å². The molecule has 2 rings (SSSR count). The van der Waals surface area contributed by atoms with Crippen LogP contribution in [0, 0.1) is 11.7 Å². The summed E-state index contributed by atoms with van der Waals surface area (Å²) in [6.07, 6.45) is 1.40. The molecule has 0 saturated heterocycles. The fourth-order valence-corrected chi connectivity index (χ4v) is 1.50. The van der Waals surface area contributed by atoms with E-state index in [9.17, 15) is 10.2 Å². The molecule has 0 spiro atoms. The lowest BCUT2D eigenvalue weighted by molar-refractivity contribution is 0.403. The molecule has 0 aliphatic heterocycles. The van der Waals surface area contributed by atoms with E-state index in [4.69, 9.17) is 12.2 Å². The zero-order chi connectivity index (χ0) is 12.4. The van der Waals surface area contributed by atoms with Crippen LogP contribution in [0.5, 0.6) is 11.5 Å². The Hall–Kier alpha value is -2.15. The number of rotatable bonds is 2. The monoisotopic (exact) mass is 250 g/mol. The molecule has 88 valence electrons. The number of hydrogen-bond donors (Lipinski definition) is 3. The van der Waals surface area contributed by atoms with E-state index < -0.39 is 0 Å². The zero-order valence-corrected chi connectivity index (χ0v) is 9.77. The summed E-state index contributed by atoms with van der Waals surface area (Å²) in [6.45, 7) is 1.74. The molecule has 1 heterocycles. The first-order valence-corrected chi connectivity index (χ1v) is 5.19. The topological polar surface area (TPSA) is 86.4 Å². The summed E-state index contributed by atoms with van der Waals surface area (Å²) in [4.78, 5) is 0. The molecule has 0 amide bonds. The molecule has 1 aromatic heterocycles. The predicted molar refractivity (Wildman–Crippen MR) is 64.9 cm³/mol. The quantitative estimate of drug-likeness (QED) is 0.428. The Morgan fingerprint density at radius 2 is 2.24 bits per heavy atom. The van der Waals surface area contributed by atoms with Crippen LogP contribution in [0.3, 0.4) is 0 Å². The van der Waals surface area contributed by atoms with Gasteiger partial charge in [-0.15, -0.1) is 0 Å². The van der Waals surface area contributed by atoms with Gasteiger partial charge in [-0.2, -0.15) is 14.9 Å². The van der Waals surface area contributed by atoms with Crippen LogP contribution in [0.2, 0.25) is 0 Å². The molecule has 3 N–H and O–H groups in total. The first kappa shape index (κ1) is 11.3. The van der Waals surface area contributed by atoms with Crippen molar-refractivity contribution in [2.75, 3.05) is 0 Å². The van der Waals surface area contributed by atoms with Crippen LogP contribution in [-0.4, -0.2) is 31.3 Å². The van der Waals surface area contributed by atoms with E-state index in [0.29, 0.717) is 16.2 Å². The average Bonchev–Trinajstić information content (AvgIpc) is 2.62. The minimum atomic E-state index is -0.219. The smallest absolute Gasteiger partial charge is 0.216 e. The van der Waals surface area contributed by atoms with Crippen molar-refractivity contribution in [1.82, 2.24) is 14.9 Å². The predicted octanol–water partition coefficient (Wildman–Crippen LogP) is 1.54. The third kappa shape index (κ3) is 2.18. The molecule has 7 heteroatoms. The number of aromatic hydroxyl groups is 2.